The van der Waals surface area contributed by atoms with Crippen LogP contribution in [0.1, 0.15) is 94.6 Å². The van der Waals surface area contributed by atoms with Crippen LogP contribution in [0, 0.1) is 17.8 Å². The van der Waals surface area contributed by atoms with E-state index < -0.39 is 0 Å². The van der Waals surface area contributed by atoms with Gasteiger partial charge in [-0.2, -0.15) is 0 Å². The average Bonchev–Trinajstić information content (AvgIpc) is 3.73. The van der Waals surface area contributed by atoms with E-state index in [2.05, 4.69) is 126 Å². The van der Waals surface area contributed by atoms with Crippen LogP contribution in [0.25, 0.3) is 5.57 Å². The summed E-state index contributed by atoms with van der Waals surface area (Å²) >= 11 is 0. The van der Waals surface area contributed by atoms with Gasteiger partial charge in [-0.1, -0.05) is 126 Å². The second kappa shape index (κ2) is 13.3. The molecule has 1 heterocycles. The largest absolute Gasteiger partial charge is 0.361 e. The summed E-state index contributed by atoms with van der Waals surface area (Å²) in [4.78, 5) is 2.98. The van der Waals surface area contributed by atoms with E-state index in [4.69, 9.17) is 0 Å². The van der Waals surface area contributed by atoms with Crippen molar-refractivity contribution < 1.29 is 0 Å². The highest BCUT2D eigenvalue weighted by Crippen LogP contribution is 2.62. The molecule has 10 rings (SSSR count). The molecule has 1 aromatic carbocycles. The smallest absolute Gasteiger partial charge is 0.117 e. The van der Waals surface area contributed by atoms with E-state index in [-0.39, 0.29) is 5.41 Å². The zero-order valence-electron chi connectivity index (χ0n) is 30.1. The molecular formula is C49H51NSi. The normalized spacial score (nSPS) is 33.3. The standard InChI is InChI=1S/C49H51NSi/c1-3-15-34(16-4-1)35-27-29-37(30-28-35)50(38-31-32-42-41-21-9-14-26-47(41)51-48(42)33-38)46-25-13-12-24-45(46)49(36-17-5-2-6-18-36)43-22-10-7-19-39(43)40-20-8-11-23-44(40)49/h2-3,5,7,10-12,14-16,19,22-24,26-27,29-32,35-36,38,45-46H,1,4,6,8-9,13,17-18,20-21,25,28,33H2. The maximum Gasteiger partial charge on any atom is 0.117 e. The fourth-order valence-electron chi connectivity index (χ4n) is 11.5. The second-order valence-corrected chi connectivity index (χ2v) is 17.6. The third-order valence-electron chi connectivity index (χ3n) is 13.7. The van der Waals surface area contributed by atoms with E-state index in [1.165, 1.54) is 69.1 Å². The predicted molar refractivity (Wildman–Crippen MR) is 215 cm³/mol. The van der Waals surface area contributed by atoms with Gasteiger partial charge in [-0.25, -0.2) is 0 Å². The minimum atomic E-state index is -0.0179. The molecule has 0 aromatic heterocycles. The van der Waals surface area contributed by atoms with Gasteiger partial charge in [0.15, 0.2) is 0 Å². The summed E-state index contributed by atoms with van der Waals surface area (Å²) in [5.74, 6) is 1.49. The van der Waals surface area contributed by atoms with Crippen LogP contribution in [0.4, 0.5) is 0 Å². The highest BCUT2D eigenvalue weighted by molar-refractivity contribution is 6.57. The maximum absolute atomic E-state index is 2.98. The van der Waals surface area contributed by atoms with E-state index in [1.807, 2.05) is 0 Å². The van der Waals surface area contributed by atoms with Crippen LogP contribution in [0.5, 0.6) is 0 Å². The van der Waals surface area contributed by atoms with Gasteiger partial charge in [0.1, 0.15) is 9.52 Å². The Bertz CT molecular complexity index is 1990. The van der Waals surface area contributed by atoms with E-state index in [9.17, 15) is 0 Å². The summed E-state index contributed by atoms with van der Waals surface area (Å²) in [7, 11) is 0.839. The lowest BCUT2D eigenvalue weighted by Crippen LogP contribution is -2.55. The van der Waals surface area contributed by atoms with Crippen molar-refractivity contribution in [3.8, 4) is 0 Å². The molecule has 1 aliphatic heterocycles. The summed E-state index contributed by atoms with van der Waals surface area (Å²) in [6, 6.07) is 10.4. The summed E-state index contributed by atoms with van der Waals surface area (Å²) in [6.45, 7) is 0. The minimum Gasteiger partial charge on any atom is -0.361 e. The molecule has 6 atom stereocenters. The zero-order chi connectivity index (χ0) is 33.8. The monoisotopic (exact) mass is 681 g/mol. The SMILES string of the molecule is C1=CC(C2C=CC(N(C3C=CC4=C(C3)[Si]C3=C4CCC=C3)C3CCC=CC3C3(C4CC=CCC4)C4=C(CCC=C4)c4ccccc43)=CC2)=CCC1. The highest BCUT2D eigenvalue weighted by Gasteiger charge is 2.56. The van der Waals surface area contributed by atoms with E-state index in [1.54, 1.807) is 43.8 Å². The Hall–Kier alpha value is -3.88. The van der Waals surface area contributed by atoms with Gasteiger partial charge in [0.2, 0.25) is 0 Å². The van der Waals surface area contributed by atoms with Crippen LogP contribution in [0.3, 0.4) is 0 Å². The van der Waals surface area contributed by atoms with E-state index >= 15 is 0 Å². The number of fused-ring (bicyclic) bond motifs is 3. The summed E-state index contributed by atoms with van der Waals surface area (Å²) in [6.07, 6.45) is 55.7. The van der Waals surface area contributed by atoms with Crippen LogP contribution in [-0.2, 0) is 5.41 Å². The Balaban J connectivity index is 1.09. The number of benzene rings is 1. The Kier molecular flexibility index (Phi) is 8.28. The van der Waals surface area contributed by atoms with Crippen molar-refractivity contribution in [1.82, 2.24) is 4.90 Å². The lowest BCUT2D eigenvalue weighted by molar-refractivity contribution is 0.0981. The van der Waals surface area contributed by atoms with E-state index in [0.717, 1.165) is 35.2 Å². The molecule has 6 unspecified atom stereocenters. The zero-order valence-corrected chi connectivity index (χ0v) is 31.1. The van der Waals surface area contributed by atoms with Gasteiger partial charge in [0, 0.05) is 29.0 Å². The molecular weight excluding hydrogens is 631 g/mol. The Morgan fingerprint density at radius 1 is 0.686 bits per heavy atom. The van der Waals surface area contributed by atoms with Gasteiger partial charge in [0.25, 0.3) is 0 Å². The fourth-order valence-corrected chi connectivity index (χ4v) is 13.2. The molecule has 0 saturated carbocycles. The van der Waals surface area contributed by atoms with Crippen LogP contribution in [0.15, 0.2) is 160 Å². The Morgan fingerprint density at radius 3 is 2.43 bits per heavy atom. The van der Waals surface area contributed by atoms with Crippen LogP contribution >= 0.6 is 0 Å². The third-order valence-corrected chi connectivity index (χ3v) is 15.2. The van der Waals surface area contributed by atoms with Crippen molar-refractivity contribution >= 4 is 15.1 Å². The highest BCUT2D eigenvalue weighted by atomic mass is 28.2. The van der Waals surface area contributed by atoms with Crippen molar-refractivity contribution in [2.75, 3.05) is 0 Å². The molecule has 256 valence electrons. The summed E-state index contributed by atoms with van der Waals surface area (Å²) < 4.78 is 0. The number of hydrogen-bond donors (Lipinski definition) is 0. The van der Waals surface area contributed by atoms with Crippen molar-refractivity contribution in [2.24, 2.45) is 17.8 Å². The van der Waals surface area contributed by atoms with Crippen molar-refractivity contribution in [1.29, 1.82) is 0 Å². The Labute approximate surface area is 308 Å². The molecule has 0 saturated heterocycles. The Morgan fingerprint density at radius 2 is 1.57 bits per heavy atom. The molecule has 0 fully saturated rings. The average molecular weight is 682 g/mol. The minimum absolute atomic E-state index is 0.0179. The lowest BCUT2D eigenvalue weighted by Gasteiger charge is -2.54. The van der Waals surface area contributed by atoms with Gasteiger partial charge in [0.05, 0.1) is 6.04 Å². The van der Waals surface area contributed by atoms with Gasteiger partial charge < -0.3 is 4.90 Å². The number of hydrogen-bond acceptors (Lipinski definition) is 1. The van der Waals surface area contributed by atoms with Crippen LogP contribution in [0.2, 0.25) is 0 Å². The molecule has 1 aromatic rings. The maximum atomic E-state index is 2.98. The molecule has 9 aliphatic rings. The first-order chi connectivity index (χ1) is 25.3. The molecule has 0 bridgehead atoms. The first-order valence-electron chi connectivity index (χ1n) is 20.2. The molecule has 0 N–H and O–H groups in total. The molecule has 2 radical (unpaired) electrons. The number of rotatable bonds is 6. The second-order valence-electron chi connectivity index (χ2n) is 16.2. The number of allylic oxidation sites excluding steroid dienone is 20. The van der Waals surface area contributed by atoms with Gasteiger partial charge in [-0.3, -0.25) is 0 Å². The fraction of sp³-hybridized carbons (Fsp3) is 0.388. The summed E-state index contributed by atoms with van der Waals surface area (Å²) in [5.41, 5.74) is 12.7. The van der Waals surface area contributed by atoms with Crippen LogP contribution < -0.4 is 0 Å². The van der Waals surface area contributed by atoms with Gasteiger partial charge in [-0.15, -0.1) is 0 Å². The lowest BCUT2D eigenvalue weighted by atomic mass is 9.54. The van der Waals surface area contributed by atoms with Crippen molar-refractivity contribution in [3.63, 3.8) is 0 Å². The van der Waals surface area contributed by atoms with E-state index in [0.29, 0.717) is 29.8 Å². The quantitative estimate of drug-likeness (QED) is 0.213. The third kappa shape index (κ3) is 5.22. The molecule has 51 heavy (non-hydrogen) atoms. The van der Waals surface area contributed by atoms with Gasteiger partial charge in [-0.05, 0) is 134 Å². The molecule has 0 amide bonds. The molecule has 2 heteroatoms. The molecule has 8 aliphatic carbocycles. The topological polar surface area (TPSA) is 3.24 Å². The number of nitrogens with zero attached hydrogens (tertiary/aromatic N) is 1. The van der Waals surface area contributed by atoms with Crippen LogP contribution in [-0.4, -0.2) is 26.5 Å². The molecule has 0 spiro atoms. The summed E-state index contributed by atoms with van der Waals surface area (Å²) in [5, 5.41) is 3.33. The van der Waals surface area contributed by atoms with Gasteiger partial charge >= 0.3 is 0 Å². The first kappa shape index (κ1) is 31.8. The molecule has 1 nitrogen and oxygen atoms in total. The van der Waals surface area contributed by atoms with Crippen molar-refractivity contribution in [2.45, 2.75) is 101 Å². The first-order valence-corrected chi connectivity index (χ1v) is 21.2. The predicted octanol–water partition coefficient (Wildman–Crippen LogP) is 11.7. The van der Waals surface area contributed by atoms with Crippen molar-refractivity contribution in [3.05, 3.63) is 171 Å².